The number of ether oxygens (including phenoxy) is 2. The van der Waals surface area contributed by atoms with Gasteiger partial charge in [-0.15, -0.1) is 11.8 Å². The number of carboxylic acids is 1. The van der Waals surface area contributed by atoms with Gasteiger partial charge in [0.05, 0.1) is 19.5 Å². The molecule has 0 spiro atoms. The molecule has 0 aliphatic carbocycles. The van der Waals surface area contributed by atoms with E-state index in [0.29, 0.717) is 10.6 Å². The van der Waals surface area contributed by atoms with Crippen LogP contribution in [-0.2, 0) is 14.3 Å². The van der Waals surface area contributed by atoms with Crippen molar-refractivity contribution in [1.29, 1.82) is 0 Å². The quantitative estimate of drug-likeness (QED) is 0.581. The molecular weight excluding hydrogens is 284 g/mol. The maximum Gasteiger partial charge on any atom is 0.339 e. The molecule has 0 amide bonds. The van der Waals surface area contributed by atoms with Gasteiger partial charge in [0.25, 0.3) is 0 Å². The molecule has 7 heteroatoms. The van der Waals surface area contributed by atoms with Crippen LogP contribution < -0.4 is 4.74 Å². The smallest absolute Gasteiger partial charge is 0.339 e. The van der Waals surface area contributed by atoms with Gasteiger partial charge in [0.2, 0.25) is 0 Å². The van der Waals surface area contributed by atoms with Crippen molar-refractivity contribution in [1.82, 2.24) is 0 Å². The Morgan fingerprint density at radius 3 is 2.65 bits per heavy atom. The Morgan fingerprint density at radius 2 is 2.10 bits per heavy atom. The number of hydrogen-bond donors (Lipinski definition) is 2. The number of methoxy groups -OCH3 is 1. The van der Waals surface area contributed by atoms with E-state index in [9.17, 15) is 14.7 Å². The molecule has 0 saturated heterocycles. The maximum absolute atomic E-state index is 11.5. The summed E-state index contributed by atoms with van der Waals surface area (Å²) in [6.45, 7) is 1.82. The molecule has 0 aromatic heterocycles. The van der Waals surface area contributed by atoms with Crippen molar-refractivity contribution in [3.63, 3.8) is 0 Å². The molecule has 0 fully saturated rings. The number of thioether (sulfide) groups is 1. The summed E-state index contributed by atoms with van der Waals surface area (Å²) < 4.78 is 9.85. The molecule has 0 saturated carbocycles. The number of hydrogen-bond acceptors (Lipinski definition) is 6. The van der Waals surface area contributed by atoms with Crippen LogP contribution in [0.2, 0.25) is 0 Å². The Kier molecular flexibility index (Phi) is 6.33. The lowest BCUT2D eigenvalue weighted by atomic mass is 10.1. The molecule has 0 aliphatic heterocycles. The van der Waals surface area contributed by atoms with Crippen LogP contribution >= 0.6 is 11.8 Å². The summed E-state index contributed by atoms with van der Waals surface area (Å²) in [6.07, 6.45) is -1.43. The van der Waals surface area contributed by atoms with Gasteiger partial charge in [0.15, 0.2) is 6.10 Å². The number of carbonyl (C=O) groups excluding carboxylic acids is 1. The maximum atomic E-state index is 11.5. The fourth-order valence-corrected chi connectivity index (χ4v) is 2.15. The fourth-order valence-electron chi connectivity index (χ4n) is 1.50. The van der Waals surface area contributed by atoms with Gasteiger partial charge in [-0.1, -0.05) is 6.07 Å². The number of carbonyl (C=O) groups is 2. The van der Waals surface area contributed by atoms with Crippen LogP contribution in [0.5, 0.6) is 5.75 Å². The van der Waals surface area contributed by atoms with Gasteiger partial charge in [-0.2, -0.15) is 0 Å². The lowest BCUT2D eigenvalue weighted by Gasteiger charge is -2.14. The van der Waals surface area contributed by atoms with Crippen molar-refractivity contribution in [3.05, 3.63) is 23.8 Å². The van der Waals surface area contributed by atoms with Gasteiger partial charge >= 0.3 is 11.9 Å². The molecule has 20 heavy (non-hydrogen) atoms. The Bertz CT molecular complexity index is 488. The third kappa shape index (κ3) is 4.43. The predicted octanol–water partition coefficient (Wildman–Crippen LogP) is 1.47. The van der Waals surface area contributed by atoms with E-state index in [-0.39, 0.29) is 17.9 Å². The molecule has 1 unspecified atom stereocenters. The molecule has 1 aromatic rings. The number of esters is 1. The molecule has 0 radical (unpaired) electrons. The average molecular weight is 300 g/mol. The molecule has 1 rings (SSSR count). The number of aliphatic hydroxyl groups excluding tert-OH is 1. The van der Waals surface area contributed by atoms with E-state index in [4.69, 9.17) is 14.6 Å². The average Bonchev–Trinajstić information content (AvgIpc) is 2.44. The van der Waals surface area contributed by atoms with Crippen LogP contribution in [0.25, 0.3) is 0 Å². The van der Waals surface area contributed by atoms with Crippen molar-refractivity contribution in [2.24, 2.45) is 0 Å². The normalized spacial score (nSPS) is 11.8. The first-order valence-corrected chi connectivity index (χ1v) is 6.85. The van der Waals surface area contributed by atoms with Crippen LogP contribution in [0, 0.1) is 0 Å². The predicted molar refractivity (Wildman–Crippen MR) is 72.9 cm³/mol. The summed E-state index contributed by atoms with van der Waals surface area (Å²) in [5, 5.41) is 18.5. The van der Waals surface area contributed by atoms with Crippen LogP contribution in [0.3, 0.4) is 0 Å². The number of rotatable bonds is 7. The zero-order valence-electron chi connectivity index (χ0n) is 11.2. The molecule has 1 atom stereocenters. The van der Waals surface area contributed by atoms with Gasteiger partial charge in [0, 0.05) is 10.5 Å². The topological polar surface area (TPSA) is 93.1 Å². The molecule has 2 N–H and O–H groups in total. The highest BCUT2D eigenvalue weighted by Gasteiger charge is 2.22. The Morgan fingerprint density at radius 1 is 1.40 bits per heavy atom. The first-order valence-electron chi connectivity index (χ1n) is 5.86. The zero-order valence-corrected chi connectivity index (χ0v) is 12.0. The van der Waals surface area contributed by atoms with Crippen LogP contribution in [-0.4, -0.2) is 41.6 Å². The van der Waals surface area contributed by atoms with Gasteiger partial charge < -0.3 is 19.7 Å². The molecule has 110 valence electrons. The second-order valence-electron chi connectivity index (χ2n) is 3.74. The molecule has 1 aromatic carbocycles. The summed E-state index contributed by atoms with van der Waals surface area (Å²) in [6, 6.07) is 4.71. The third-order valence-corrected chi connectivity index (χ3v) is 3.35. The van der Waals surface area contributed by atoms with Crippen molar-refractivity contribution in [2.75, 3.05) is 19.5 Å². The monoisotopic (exact) mass is 300 g/mol. The Labute approximate surface area is 120 Å². The van der Waals surface area contributed by atoms with E-state index in [1.165, 1.54) is 13.2 Å². The SMILES string of the molecule is CCOC(=O)C(O)c1ccc(SCC(=O)O)cc1OC. The summed E-state index contributed by atoms with van der Waals surface area (Å²) in [7, 11) is 1.41. The van der Waals surface area contributed by atoms with Crippen LogP contribution in [0.15, 0.2) is 23.1 Å². The summed E-state index contributed by atoms with van der Waals surface area (Å²) >= 11 is 1.12. The van der Waals surface area contributed by atoms with Crippen molar-refractivity contribution >= 4 is 23.7 Å². The summed E-state index contributed by atoms with van der Waals surface area (Å²) in [5.74, 6) is -1.45. The van der Waals surface area contributed by atoms with Crippen molar-refractivity contribution in [3.8, 4) is 5.75 Å². The van der Waals surface area contributed by atoms with E-state index in [1.807, 2.05) is 0 Å². The molecule has 0 aliphatic rings. The fraction of sp³-hybridized carbons (Fsp3) is 0.385. The minimum absolute atomic E-state index is 0.0804. The zero-order chi connectivity index (χ0) is 15.1. The number of aliphatic carboxylic acids is 1. The number of benzene rings is 1. The molecule has 0 bridgehead atoms. The Balaban J connectivity index is 2.92. The van der Waals surface area contributed by atoms with Crippen molar-refractivity contribution < 1.29 is 29.3 Å². The molecule has 0 heterocycles. The second-order valence-corrected chi connectivity index (χ2v) is 4.79. The van der Waals surface area contributed by atoms with E-state index in [0.717, 1.165) is 11.8 Å². The number of aliphatic hydroxyl groups is 1. The van der Waals surface area contributed by atoms with E-state index < -0.39 is 18.0 Å². The van der Waals surface area contributed by atoms with E-state index in [2.05, 4.69) is 0 Å². The largest absolute Gasteiger partial charge is 0.496 e. The highest BCUT2D eigenvalue weighted by molar-refractivity contribution is 8.00. The third-order valence-electron chi connectivity index (χ3n) is 2.37. The van der Waals surface area contributed by atoms with Gasteiger partial charge in [-0.05, 0) is 19.1 Å². The highest BCUT2D eigenvalue weighted by Crippen LogP contribution is 2.31. The Hall–Kier alpha value is -1.73. The lowest BCUT2D eigenvalue weighted by Crippen LogP contribution is -2.16. The second kappa shape index (κ2) is 7.76. The van der Waals surface area contributed by atoms with Gasteiger partial charge in [-0.3, -0.25) is 4.79 Å². The van der Waals surface area contributed by atoms with E-state index in [1.54, 1.807) is 19.1 Å². The van der Waals surface area contributed by atoms with Crippen LogP contribution in [0.1, 0.15) is 18.6 Å². The lowest BCUT2D eigenvalue weighted by molar-refractivity contribution is -0.153. The molecular formula is C13H16O6S. The van der Waals surface area contributed by atoms with Gasteiger partial charge in [0.1, 0.15) is 5.75 Å². The summed E-state index contributed by atoms with van der Waals surface area (Å²) in [4.78, 5) is 22.7. The first-order chi connectivity index (χ1) is 9.49. The van der Waals surface area contributed by atoms with E-state index >= 15 is 0 Å². The highest BCUT2D eigenvalue weighted by atomic mass is 32.2. The minimum atomic E-state index is -1.43. The summed E-state index contributed by atoms with van der Waals surface area (Å²) in [5.41, 5.74) is 0.283. The standard InChI is InChI=1S/C13H16O6S/c1-3-19-13(17)12(16)9-5-4-8(6-10(9)18-2)20-7-11(14)15/h4-6,12,16H,3,7H2,1-2H3,(H,14,15). The van der Waals surface area contributed by atoms with Crippen LogP contribution in [0.4, 0.5) is 0 Å². The number of carboxylic acid groups (broad SMARTS) is 1. The first kappa shape index (κ1) is 16.3. The van der Waals surface area contributed by atoms with Crippen molar-refractivity contribution in [2.45, 2.75) is 17.9 Å². The van der Waals surface area contributed by atoms with Gasteiger partial charge in [-0.25, -0.2) is 4.79 Å². The minimum Gasteiger partial charge on any atom is -0.496 e. The molecule has 6 nitrogen and oxygen atoms in total.